The highest BCUT2D eigenvalue weighted by molar-refractivity contribution is 6.31. The van der Waals surface area contributed by atoms with E-state index in [9.17, 15) is 0 Å². The molecule has 4 heteroatoms. The second-order valence-corrected chi connectivity index (χ2v) is 4.94. The standard InChI is InChI=1S/C13H22ClN3/c1-15-10-11-5-6-12(9-13(11)14)17(4)8-7-16(2)3/h5-6,9,15H,7-8,10H2,1-4H3. The third-order valence-electron chi connectivity index (χ3n) is 2.73. The molecule has 0 aliphatic carbocycles. The van der Waals surface area contributed by atoms with Gasteiger partial charge in [-0.15, -0.1) is 0 Å². The minimum absolute atomic E-state index is 0.806. The predicted molar refractivity (Wildman–Crippen MR) is 76.0 cm³/mol. The molecule has 0 bridgehead atoms. The van der Waals surface area contributed by atoms with Crippen molar-refractivity contribution in [2.24, 2.45) is 0 Å². The van der Waals surface area contributed by atoms with E-state index in [0.29, 0.717) is 0 Å². The van der Waals surface area contributed by atoms with Gasteiger partial charge in [-0.05, 0) is 38.8 Å². The largest absolute Gasteiger partial charge is 0.373 e. The van der Waals surface area contributed by atoms with Crippen LogP contribution in [0.25, 0.3) is 0 Å². The first-order valence-electron chi connectivity index (χ1n) is 5.83. The number of anilines is 1. The Labute approximate surface area is 109 Å². The van der Waals surface area contributed by atoms with Crippen LogP contribution in [0.3, 0.4) is 0 Å². The summed E-state index contributed by atoms with van der Waals surface area (Å²) in [4.78, 5) is 4.39. The van der Waals surface area contributed by atoms with Crippen molar-refractivity contribution in [2.45, 2.75) is 6.54 Å². The molecule has 96 valence electrons. The fourth-order valence-electron chi connectivity index (χ4n) is 1.59. The van der Waals surface area contributed by atoms with E-state index in [1.807, 2.05) is 13.1 Å². The Bertz CT molecular complexity index is 353. The molecule has 0 aliphatic heterocycles. The van der Waals surface area contributed by atoms with Gasteiger partial charge in [-0.25, -0.2) is 0 Å². The summed E-state index contributed by atoms with van der Waals surface area (Å²) in [5.41, 5.74) is 2.30. The lowest BCUT2D eigenvalue weighted by Crippen LogP contribution is -2.28. The van der Waals surface area contributed by atoms with Crippen LogP contribution < -0.4 is 10.2 Å². The molecule has 0 heterocycles. The highest BCUT2D eigenvalue weighted by Gasteiger charge is 2.05. The molecular weight excluding hydrogens is 234 g/mol. The fraction of sp³-hybridized carbons (Fsp3) is 0.538. The van der Waals surface area contributed by atoms with E-state index in [1.165, 1.54) is 0 Å². The van der Waals surface area contributed by atoms with Crippen molar-refractivity contribution >= 4 is 17.3 Å². The maximum atomic E-state index is 6.24. The van der Waals surface area contributed by atoms with Gasteiger partial charge < -0.3 is 15.1 Å². The van der Waals surface area contributed by atoms with Gasteiger partial charge in [0.05, 0.1) is 0 Å². The van der Waals surface area contributed by atoms with Crippen molar-refractivity contribution in [2.75, 3.05) is 46.2 Å². The minimum atomic E-state index is 0.806. The van der Waals surface area contributed by atoms with E-state index >= 15 is 0 Å². The van der Waals surface area contributed by atoms with E-state index in [0.717, 1.165) is 35.9 Å². The lowest BCUT2D eigenvalue weighted by Gasteiger charge is -2.22. The zero-order valence-corrected chi connectivity index (χ0v) is 11.9. The first-order chi connectivity index (χ1) is 8.04. The number of rotatable bonds is 6. The molecule has 0 amide bonds. The summed E-state index contributed by atoms with van der Waals surface area (Å²) in [5, 5.41) is 3.94. The number of halogens is 1. The van der Waals surface area contributed by atoms with Crippen LogP contribution in [0.5, 0.6) is 0 Å². The van der Waals surface area contributed by atoms with Crippen LogP contribution in [0.4, 0.5) is 5.69 Å². The van der Waals surface area contributed by atoms with E-state index in [4.69, 9.17) is 11.6 Å². The zero-order chi connectivity index (χ0) is 12.8. The Morgan fingerprint density at radius 2 is 1.88 bits per heavy atom. The summed E-state index contributed by atoms with van der Waals surface area (Å²) in [6.45, 7) is 2.83. The Kier molecular flexibility index (Phi) is 5.75. The van der Waals surface area contributed by atoms with Crippen LogP contribution in [-0.2, 0) is 6.54 Å². The molecule has 0 atom stereocenters. The van der Waals surface area contributed by atoms with E-state index in [-0.39, 0.29) is 0 Å². The molecule has 1 N–H and O–H groups in total. The first kappa shape index (κ1) is 14.3. The highest BCUT2D eigenvalue weighted by atomic mass is 35.5. The molecule has 1 aromatic carbocycles. The van der Waals surface area contributed by atoms with Crippen LogP contribution >= 0.6 is 11.6 Å². The number of benzene rings is 1. The monoisotopic (exact) mass is 255 g/mol. The Morgan fingerprint density at radius 3 is 2.41 bits per heavy atom. The van der Waals surface area contributed by atoms with Crippen molar-refractivity contribution in [1.82, 2.24) is 10.2 Å². The van der Waals surface area contributed by atoms with Crippen LogP contribution in [0.2, 0.25) is 5.02 Å². The van der Waals surface area contributed by atoms with Gasteiger partial charge in [-0.2, -0.15) is 0 Å². The average Bonchev–Trinajstić information content (AvgIpc) is 2.28. The number of hydrogen-bond donors (Lipinski definition) is 1. The second kappa shape index (κ2) is 6.84. The second-order valence-electron chi connectivity index (χ2n) is 4.53. The van der Waals surface area contributed by atoms with Gasteiger partial charge in [0.2, 0.25) is 0 Å². The Hall–Kier alpha value is -0.770. The van der Waals surface area contributed by atoms with Gasteiger partial charge in [-0.1, -0.05) is 17.7 Å². The summed E-state index contributed by atoms with van der Waals surface area (Å²) in [5.74, 6) is 0. The zero-order valence-electron chi connectivity index (χ0n) is 11.1. The molecule has 17 heavy (non-hydrogen) atoms. The number of hydrogen-bond acceptors (Lipinski definition) is 3. The summed E-state index contributed by atoms with van der Waals surface area (Å²) in [6, 6.07) is 6.23. The molecule has 0 fully saturated rings. The van der Waals surface area contributed by atoms with Gasteiger partial charge in [0.15, 0.2) is 0 Å². The average molecular weight is 256 g/mol. The molecule has 3 nitrogen and oxygen atoms in total. The maximum Gasteiger partial charge on any atom is 0.0471 e. The molecule has 0 aliphatic rings. The van der Waals surface area contributed by atoms with Gasteiger partial charge >= 0.3 is 0 Å². The van der Waals surface area contributed by atoms with Crippen molar-refractivity contribution in [3.8, 4) is 0 Å². The lowest BCUT2D eigenvalue weighted by molar-refractivity contribution is 0.416. The van der Waals surface area contributed by atoms with Gasteiger partial charge in [0, 0.05) is 37.4 Å². The quantitative estimate of drug-likeness (QED) is 0.840. The summed E-state index contributed by atoms with van der Waals surface area (Å²) in [7, 11) is 8.17. The fourth-order valence-corrected chi connectivity index (χ4v) is 1.83. The van der Waals surface area contributed by atoms with Crippen molar-refractivity contribution < 1.29 is 0 Å². The van der Waals surface area contributed by atoms with Gasteiger partial charge in [-0.3, -0.25) is 0 Å². The molecule has 1 aromatic rings. The van der Waals surface area contributed by atoms with E-state index in [2.05, 4.69) is 48.4 Å². The third kappa shape index (κ3) is 4.54. The van der Waals surface area contributed by atoms with Crippen LogP contribution in [0, 0.1) is 0 Å². The first-order valence-corrected chi connectivity index (χ1v) is 6.21. The number of nitrogens with zero attached hydrogens (tertiary/aromatic N) is 2. The van der Waals surface area contributed by atoms with Crippen molar-refractivity contribution in [3.05, 3.63) is 28.8 Å². The molecule has 0 unspecified atom stereocenters. The van der Waals surface area contributed by atoms with Gasteiger partial charge in [0.25, 0.3) is 0 Å². The van der Waals surface area contributed by atoms with Crippen LogP contribution in [0.1, 0.15) is 5.56 Å². The van der Waals surface area contributed by atoms with E-state index < -0.39 is 0 Å². The molecular formula is C13H22ClN3. The molecule has 1 rings (SSSR count). The highest BCUT2D eigenvalue weighted by Crippen LogP contribution is 2.22. The molecule has 0 aromatic heterocycles. The maximum absolute atomic E-state index is 6.24. The van der Waals surface area contributed by atoms with Crippen LogP contribution in [-0.4, -0.2) is 46.2 Å². The molecule has 0 spiro atoms. The SMILES string of the molecule is CNCc1ccc(N(C)CCN(C)C)cc1Cl. The van der Waals surface area contributed by atoms with Crippen molar-refractivity contribution in [1.29, 1.82) is 0 Å². The van der Waals surface area contributed by atoms with E-state index in [1.54, 1.807) is 0 Å². The number of nitrogens with one attached hydrogen (secondary N) is 1. The molecule has 0 radical (unpaired) electrons. The topological polar surface area (TPSA) is 18.5 Å². The normalized spacial score (nSPS) is 10.9. The summed E-state index contributed by atoms with van der Waals surface area (Å²) >= 11 is 6.24. The predicted octanol–water partition coefficient (Wildman–Crippen LogP) is 2.06. The summed E-state index contributed by atoms with van der Waals surface area (Å²) < 4.78 is 0. The Morgan fingerprint density at radius 1 is 1.18 bits per heavy atom. The smallest absolute Gasteiger partial charge is 0.0471 e. The Balaban J connectivity index is 2.68. The van der Waals surface area contributed by atoms with Gasteiger partial charge in [0.1, 0.15) is 0 Å². The summed E-state index contributed by atoms with van der Waals surface area (Å²) in [6.07, 6.45) is 0. The lowest BCUT2D eigenvalue weighted by atomic mass is 10.2. The number of likely N-dealkylation sites (N-methyl/N-ethyl adjacent to an activating group) is 2. The molecule has 0 saturated carbocycles. The van der Waals surface area contributed by atoms with Crippen LogP contribution in [0.15, 0.2) is 18.2 Å². The third-order valence-corrected chi connectivity index (χ3v) is 3.08. The minimum Gasteiger partial charge on any atom is -0.373 e. The molecule has 0 saturated heterocycles. The van der Waals surface area contributed by atoms with Crippen molar-refractivity contribution in [3.63, 3.8) is 0 Å².